The Hall–Kier alpha value is -0.120. The molecule has 1 aliphatic carbocycles. The number of likely N-dealkylation sites (N-methyl/N-ethyl adjacent to an activating group) is 1. The molecule has 0 radical (unpaired) electrons. The third-order valence-corrected chi connectivity index (χ3v) is 4.44. The number of likely N-dealkylation sites (tertiary alicyclic amines) is 1. The summed E-state index contributed by atoms with van der Waals surface area (Å²) in [5, 5.41) is 0. The first-order chi connectivity index (χ1) is 8.09. The van der Waals surface area contributed by atoms with Crippen molar-refractivity contribution in [3.05, 3.63) is 0 Å². The van der Waals surface area contributed by atoms with E-state index in [0.29, 0.717) is 0 Å². The number of nitrogens with two attached hydrogens (primary N) is 1. The van der Waals surface area contributed by atoms with Gasteiger partial charge in [-0.1, -0.05) is 19.3 Å². The molecule has 2 rings (SSSR count). The largest absolute Gasteiger partial charge is 0.324 e. The number of rotatable bonds is 4. The first-order valence-electron chi connectivity index (χ1n) is 7.27. The van der Waals surface area contributed by atoms with Gasteiger partial charge in [0.05, 0.1) is 0 Å². The van der Waals surface area contributed by atoms with E-state index in [1.165, 1.54) is 58.0 Å². The second-order valence-electron chi connectivity index (χ2n) is 6.45. The van der Waals surface area contributed by atoms with Crippen LogP contribution < -0.4 is 5.73 Å². The van der Waals surface area contributed by atoms with Crippen LogP contribution in [-0.4, -0.2) is 55.1 Å². The number of hydrogen-bond acceptors (Lipinski definition) is 3. The van der Waals surface area contributed by atoms with E-state index in [4.69, 9.17) is 5.73 Å². The summed E-state index contributed by atoms with van der Waals surface area (Å²) in [6, 6.07) is 0.743. The monoisotopic (exact) mass is 239 g/mol. The lowest BCUT2D eigenvalue weighted by Crippen LogP contribution is -2.53. The Morgan fingerprint density at radius 1 is 1.18 bits per heavy atom. The molecule has 1 aliphatic heterocycles. The van der Waals surface area contributed by atoms with Crippen molar-refractivity contribution < 1.29 is 0 Å². The Balaban J connectivity index is 1.88. The van der Waals surface area contributed by atoms with Crippen LogP contribution in [-0.2, 0) is 0 Å². The third kappa shape index (κ3) is 3.67. The molecule has 1 heterocycles. The predicted octanol–water partition coefficient (Wildman–Crippen LogP) is 1.67. The smallest absolute Gasteiger partial charge is 0.0283 e. The summed E-state index contributed by atoms with van der Waals surface area (Å²) in [4.78, 5) is 4.97. The van der Waals surface area contributed by atoms with Crippen LogP contribution in [0.15, 0.2) is 0 Å². The molecule has 0 amide bonds. The zero-order valence-corrected chi connectivity index (χ0v) is 11.6. The number of hydrogen-bond donors (Lipinski definition) is 1. The van der Waals surface area contributed by atoms with E-state index in [1.807, 2.05) is 0 Å². The van der Waals surface area contributed by atoms with Crippen molar-refractivity contribution >= 4 is 0 Å². The van der Waals surface area contributed by atoms with Gasteiger partial charge in [0.25, 0.3) is 0 Å². The van der Waals surface area contributed by atoms with E-state index in [0.717, 1.165) is 12.6 Å². The molecule has 2 N–H and O–H groups in total. The maximum absolute atomic E-state index is 6.58. The van der Waals surface area contributed by atoms with Gasteiger partial charge in [0.15, 0.2) is 0 Å². The van der Waals surface area contributed by atoms with Gasteiger partial charge in [-0.15, -0.1) is 0 Å². The molecule has 1 saturated heterocycles. The highest BCUT2D eigenvalue weighted by atomic mass is 15.2. The summed E-state index contributed by atoms with van der Waals surface area (Å²) < 4.78 is 0. The van der Waals surface area contributed by atoms with E-state index >= 15 is 0 Å². The van der Waals surface area contributed by atoms with Crippen LogP contribution in [0.5, 0.6) is 0 Å². The fourth-order valence-electron chi connectivity index (χ4n) is 3.55. The minimum Gasteiger partial charge on any atom is -0.324 e. The lowest BCUT2D eigenvalue weighted by molar-refractivity contribution is 0.143. The summed E-state index contributed by atoms with van der Waals surface area (Å²) in [7, 11) is 4.35. The average Bonchev–Trinajstić information content (AvgIpc) is 2.65. The second-order valence-corrected chi connectivity index (χ2v) is 6.45. The van der Waals surface area contributed by atoms with E-state index in [2.05, 4.69) is 23.9 Å². The second kappa shape index (κ2) is 5.68. The number of nitrogens with zero attached hydrogens (tertiary/aromatic N) is 2. The first kappa shape index (κ1) is 13.3. The molecule has 0 aromatic carbocycles. The summed E-state index contributed by atoms with van der Waals surface area (Å²) >= 11 is 0. The molecule has 100 valence electrons. The van der Waals surface area contributed by atoms with Crippen LogP contribution in [0.2, 0.25) is 0 Å². The van der Waals surface area contributed by atoms with Crippen LogP contribution in [0.4, 0.5) is 0 Å². The lowest BCUT2D eigenvalue weighted by atomic mass is 9.82. The molecule has 3 nitrogen and oxygen atoms in total. The molecule has 2 aliphatic rings. The van der Waals surface area contributed by atoms with Gasteiger partial charge in [0.1, 0.15) is 0 Å². The zero-order chi connectivity index (χ0) is 12.3. The van der Waals surface area contributed by atoms with Gasteiger partial charge in [0.2, 0.25) is 0 Å². The van der Waals surface area contributed by atoms with Crippen molar-refractivity contribution in [3.8, 4) is 0 Å². The van der Waals surface area contributed by atoms with Crippen LogP contribution in [0, 0.1) is 0 Å². The van der Waals surface area contributed by atoms with Crippen LogP contribution in [0.1, 0.15) is 44.9 Å². The van der Waals surface area contributed by atoms with Crippen molar-refractivity contribution in [2.75, 3.05) is 33.7 Å². The standard InChI is InChI=1S/C14H29N3/c1-16(2)11-13-7-6-10-17(13)12-14(15)8-4-3-5-9-14/h13H,3-12,15H2,1-2H3. The quantitative estimate of drug-likeness (QED) is 0.810. The van der Waals surface area contributed by atoms with E-state index in [1.54, 1.807) is 0 Å². The molecule has 17 heavy (non-hydrogen) atoms. The van der Waals surface area contributed by atoms with E-state index < -0.39 is 0 Å². The van der Waals surface area contributed by atoms with Crippen LogP contribution >= 0.6 is 0 Å². The minimum atomic E-state index is 0.118. The molecule has 0 spiro atoms. The molecule has 1 saturated carbocycles. The maximum atomic E-state index is 6.58. The highest BCUT2D eigenvalue weighted by Crippen LogP contribution is 2.29. The maximum Gasteiger partial charge on any atom is 0.0283 e. The summed E-state index contributed by atoms with van der Waals surface area (Å²) in [5.74, 6) is 0. The van der Waals surface area contributed by atoms with Crippen LogP contribution in [0.3, 0.4) is 0 Å². The van der Waals surface area contributed by atoms with Gasteiger partial charge in [0, 0.05) is 24.7 Å². The highest BCUT2D eigenvalue weighted by Gasteiger charge is 2.34. The molecule has 0 aromatic rings. The molecule has 0 aromatic heterocycles. The average molecular weight is 239 g/mol. The summed E-state index contributed by atoms with van der Waals surface area (Å²) in [6.45, 7) is 3.58. The van der Waals surface area contributed by atoms with Gasteiger partial charge >= 0.3 is 0 Å². The highest BCUT2D eigenvalue weighted by molar-refractivity contribution is 4.93. The first-order valence-corrected chi connectivity index (χ1v) is 7.27. The fourth-order valence-corrected chi connectivity index (χ4v) is 3.55. The zero-order valence-electron chi connectivity index (χ0n) is 11.6. The lowest BCUT2D eigenvalue weighted by Gasteiger charge is -2.39. The van der Waals surface area contributed by atoms with Gasteiger partial charge < -0.3 is 10.6 Å². The van der Waals surface area contributed by atoms with E-state index in [9.17, 15) is 0 Å². The Morgan fingerprint density at radius 2 is 1.88 bits per heavy atom. The molecule has 1 atom stereocenters. The van der Waals surface area contributed by atoms with Crippen LogP contribution in [0.25, 0.3) is 0 Å². The van der Waals surface area contributed by atoms with Gasteiger partial charge in [-0.3, -0.25) is 4.90 Å². The molecular formula is C14H29N3. The van der Waals surface area contributed by atoms with Gasteiger partial charge in [-0.25, -0.2) is 0 Å². The SMILES string of the molecule is CN(C)CC1CCCN1CC1(N)CCCCC1. The third-order valence-electron chi connectivity index (χ3n) is 4.44. The van der Waals surface area contributed by atoms with E-state index in [-0.39, 0.29) is 5.54 Å². The van der Waals surface area contributed by atoms with Crippen molar-refractivity contribution in [1.82, 2.24) is 9.80 Å². The van der Waals surface area contributed by atoms with Crippen molar-refractivity contribution in [2.45, 2.75) is 56.5 Å². The molecule has 0 bridgehead atoms. The summed E-state index contributed by atoms with van der Waals surface area (Å²) in [6.07, 6.45) is 9.24. The molecule has 2 fully saturated rings. The van der Waals surface area contributed by atoms with Crippen molar-refractivity contribution in [3.63, 3.8) is 0 Å². The Bertz CT molecular complexity index is 234. The topological polar surface area (TPSA) is 32.5 Å². The summed E-state index contributed by atoms with van der Waals surface area (Å²) in [5.41, 5.74) is 6.69. The fraction of sp³-hybridized carbons (Fsp3) is 1.00. The van der Waals surface area contributed by atoms with Crippen molar-refractivity contribution in [2.24, 2.45) is 5.73 Å². The molecular weight excluding hydrogens is 210 g/mol. The van der Waals surface area contributed by atoms with Crippen molar-refractivity contribution in [1.29, 1.82) is 0 Å². The minimum absolute atomic E-state index is 0.118. The predicted molar refractivity (Wildman–Crippen MR) is 73.2 cm³/mol. The van der Waals surface area contributed by atoms with Gasteiger partial charge in [-0.05, 0) is 46.3 Å². The Kier molecular flexibility index (Phi) is 4.45. The van der Waals surface area contributed by atoms with Gasteiger partial charge in [-0.2, -0.15) is 0 Å². The molecule has 3 heteroatoms. The Morgan fingerprint density at radius 3 is 2.53 bits per heavy atom. The normalized spacial score (nSPS) is 30.0. The molecule has 1 unspecified atom stereocenters. The Labute approximate surface area is 106 Å².